The maximum absolute atomic E-state index is 13.4. The van der Waals surface area contributed by atoms with Crippen LogP contribution in [-0.2, 0) is 9.53 Å². The minimum absolute atomic E-state index is 0.150. The normalized spacial score (nSPS) is 19.0. The molecule has 0 radical (unpaired) electrons. The van der Waals surface area contributed by atoms with Crippen molar-refractivity contribution in [2.45, 2.75) is 20.3 Å². The third-order valence-corrected chi connectivity index (χ3v) is 6.27. The molecule has 2 aliphatic rings. The first-order valence-corrected chi connectivity index (χ1v) is 10.8. The minimum Gasteiger partial charge on any atom is -0.378 e. The Labute approximate surface area is 178 Å². The molecule has 0 N–H and O–H groups in total. The number of amides is 1. The largest absolute Gasteiger partial charge is 0.378 e. The monoisotopic (exact) mass is 430 g/mol. The third kappa shape index (κ3) is 3.82. The summed E-state index contributed by atoms with van der Waals surface area (Å²) in [4.78, 5) is 35.1. The van der Waals surface area contributed by atoms with Gasteiger partial charge in [0, 0.05) is 25.8 Å². The van der Waals surface area contributed by atoms with Gasteiger partial charge in [0.05, 0.1) is 23.7 Å². The van der Waals surface area contributed by atoms with Gasteiger partial charge in [0.25, 0.3) is 11.5 Å². The molecule has 0 aromatic carbocycles. The molecule has 29 heavy (non-hydrogen) atoms. The molecule has 2 aromatic heterocycles. The Morgan fingerprint density at radius 1 is 1.28 bits per heavy atom. The van der Waals surface area contributed by atoms with E-state index in [-0.39, 0.29) is 11.5 Å². The Kier molecular flexibility index (Phi) is 5.71. The maximum atomic E-state index is 13.4. The highest BCUT2D eigenvalue weighted by molar-refractivity contribution is 8.26. The van der Waals surface area contributed by atoms with Gasteiger partial charge in [-0.3, -0.25) is 18.9 Å². The molecule has 2 saturated heterocycles. The summed E-state index contributed by atoms with van der Waals surface area (Å²) in [6.45, 7) is 6.95. The second kappa shape index (κ2) is 8.25. The standard InChI is InChI=1S/C20H22N4O3S2/c1-3-6-23-19(26)15(29-20(23)28)11-14-17(22-7-9-27-10-8-22)21-16-5-4-13(2)12-24(16)18(14)25/h4-5,11-12H,3,6-10H2,1-2H3. The number of carbonyl (C=O) groups is 1. The number of hydrogen-bond donors (Lipinski definition) is 0. The molecular weight excluding hydrogens is 408 g/mol. The summed E-state index contributed by atoms with van der Waals surface area (Å²) in [6, 6.07) is 3.77. The molecule has 9 heteroatoms. The van der Waals surface area contributed by atoms with Crippen LogP contribution in [0.2, 0.25) is 0 Å². The fourth-order valence-corrected chi connectivity index (χ4v) is 4.73. The zero-order valence-electron chi connectivity index (χ0n) is 16.4. The predicted octanol–water partition coefficient (Wildman–Crippen LogP) is 2.45. The fourth-order valence-electron chi connectivity index (χ4n) is 3.44. The van der Waals surface area contributed by atoms with E-state index in [2.05, 4.69) is 0 Å². The number of pyridine rings is 1. The summed E-state index contributed by atoms with van der Waals surface area (Å²) < 4.78 is 7.52. The molecule has 2 fully saturated rings. The van der Waals surface area contributed by atoms with Crippen LogP contribution in [0.5, 0.6) is 0 Å². The topological polar surface area (TPSA) is 67.2 Å². The fraction of sp³-hybridized carbons (Fsp3) is 0.400. The van der Waals surface area contributed by atoms with Gasteiger partial charge < -0.3 is 9.64 Å². The van der Waals surface area contributed by atoms with Gasteiger partial charge in [-0.25, -0.2) is 4.98 Å². The molecule has 0 saturated carbocycles. The average Bonchev–Trinajstić information content (AvgIpc) is 2.99. The Morgan fingerprint density at radius 3 is 2.76 bits per heavy atom. The van der Waals surface area contributed by atoms with E-state index in [0.717, 1.165) is 12.0 Å². The highest BCUT2D eigenvalue weighted by atomic mass is 32.2. The van der Waals surface area contributed by atoms with Crippen LogP contribution in [0, 0.1) is 6.92 Å². The van der Waals surface area contributed by atoms with E-state index < -0.39 is 0 Å². The SMILES string of the molecule is CCCN1C(=O)C(=Cc2c(N3CCOCC3)nc3ccc(C)cn3c2=O)SC1=S. The molecule has 0 spiro atoms. The molecule has 0 aliphatic carbocycles. The second-order valence-corrected chi connectivity index (χ2v) is 8.70. The van der Waals surface area contributed by atoms with Gasteiger partial charge in [-0.15, -0.1) is 0 Å². The van der Waals surface area contributed by atoms with Gasteiger partial charge >= 0.3 is 0 Å². The van der Waals surface area contributed by atoms with Crippen molar-refractivity contribution in [2.24, 2.45) is 0 Å². The van der Waals surface area contributed by atoms with Crippen LogP contribution >= 0.6 is 24.0 Å². The van der Waals surface area contributed by atoms with Crippen molar-refractivity contribution in [1.82, 2.24) is 14.3 Å². The highest BCUT2D eigenvalue weighted by Crippen LogP contribution is 2.33. The third-order valence-electron chi connectivity index (χ3n) is 4.89. The number of ether oxygens (including phenoxy) is 1. The Bertz CT molecular complexity index is 1070. The van der Waals surface area contributed by atoms with E-state index >= 15 is 0 Å². The van der Waals surface area contributed by atoms with E-state index in [1.165, 1.54) is 16.2 Å². The summed E-state index contributed by atoms with van der Waals surface area (Å²) >= 11 is 6.60. The number of thioether (sulfide) groups is 1. The van der Waals surface area contributed by atoms with Gasteiger partial charge in [0.2, 0.25) is 0 Å². The smallest absolute Gasteiger partial charge is 0.267 e. The lowest BCUT2D eigenvalue weighted by atomic mass is 10.2. The lowest BCUT2D eigenvalue weighted by molar-refractivity contribution is -0.122. The number of fused-ring (bicyclic) bond motifs is 1. The zero-order chi connectivity index (χ0) is 20.5. The van der Waals surface area contributed by atoms with E-state index in [4.69, 9.17) is 21.9 Å². The summed E-state index contributed by atoms with van der Waals surface area (Å²) in [5.41, 5.74) is 1.76. The van der Waals surface area contributed by atoms with Crippen LogP contribution in [0.25, 0.3) is 11.7 Å². The van der Waals surface area contributed by atoms with Gasteiger partial charge in [-0.05, 0) is 31.1 Å². The molecule has 0 bridgehead atoms. The molecule has 152 valence electrons. The minimum atomic E-state index is -0.194. The maximum Gasteiger partial charge on any atom is 0.267 e. The van der Waals surface area contributed by atoms with Crippen LogP contribution in [0.1, 0.15) is 24.5 Å². The van der Waals surface area contributed by atoms with Gasteiger partial charge in [-0.2, -0.15) is 0 Å². The van der Waals surface area contributed by atoms with Gasteiger partial charge in [-0.1, -0.05) is 37.0 Å². The second-order valence-electron chi connectivity index (χ2n) is 7.02. The molecule has 7 nitrogen and oxygen atoms in total. The van der Waals surface area contributed by atoms with Crippen LogP contribution in [0.15, 0.2) is 28.0 Å². The van der Waals surface area contributed by atoms with Crippen LogP contribution in [0.4, 0.5) is 5.82 Å². The molecule has 2 aromatic rings. The number of anilines is 1. The lowest BCUT2D eigenvalue weighted by Crippen LogP contribution is -2.38. The van der Waals surface area contributed by atoms with Gasteiger partial charge in [0.15, 0.2) is 0 Å². The van der Waals surface area contributed by atoms with Crippen molar-refractivity contribution in [3.8, 4) is 0 Å². The Morgan fingerprint density at radius 2 is 2.03 bits per heavy atom. The summed E-state index contributed by atoms with van der Waals surface area (Å²) in [6.07, 6.45) is 4.25. The summed E-state index contributed by atoms with van der Waals surface area (Å²) in [7, 11) is 0. The van der Waals surface area contributed by atoms with E-state index in [0.29, 0.717) is 59.1 Å². The van der Waals surface area contributed by atoms with Crippen molar-refractivity contribution >= 4 is 51.7 Å². The first-order valence-electron chi connectivity index (χ1n) is 9.60. The number of nitrogens with zero attached hydrogens (tertiary/aromatic N) is 4. The van der Waals surface area contributed by atoms with Crippen molar-refractivity contribution in [3.63, 3.8) is 0 Å². The molecule has 0 unspecified atom stereocenters. The number of morpholine rings is 1. The zero-order valence-corrected chi connectivity index (χ0v) is 18.0. The molecule has 0 atom stereocenters. The van der Waals surface area contributed by atoms with Crippen molar-refractivity contribution in [1.29, 1.82) is 0 Å². The van der Waals surface area contributed by atoms with Crippen molar-refractivity contribution in [3.05, 3.63) is 44.7 Å². The van der Waals surface area contributed by atoms with E-state index in [1.54, 1.807) is 17.2 Å². The van der Waals surface area contributed by atoms with Crippen LogP contribution < -0.4 is 10.5 Å². The molecule has 4 rings (SSSR count). The quantitative estimate of drug-likeness (QED) is 0.545. The molecule has 2 aliphatic heterocycles. The van der Waals surface area contributed by atoms with Crippen molar-refractivity contribution < 1.29 is 9.53 Å². The number of hydrogen-bond acceptors (Lipinski definition) is 7. The molecule has 4 heterocycles. The number of carbonyl (C=O) groups excluding carboxylic acids is 1. The molecular formula is C20H22N4O3S2. The van der Waals surface area contributed by atoms with Crippen LogP contribution in [-0.4, -0.2) is 57.4 Å². The van der Waals surface area contributed by atoms with E-state index in [9.17, 15) is 9.59 Å². The Hall–Kier alpha value is -2.23. The predicted molar refractivity (Wildman–Crippen MR) is 119 cm³/mol. The van der Waals surface area contributed by atoms with E-state index in [1.807, 2.05) is 30.9 Å². The number of rotatable bonds is 4. The van der Waals surface area contributed by atoms with Gasteiger partial charge in [0.1, 0.15) is 15.8 Å². The Balaban J connectivity index is 1.87. The summed E-state index contributed by atoms with van der Waals surface area (Å²) in [5, 5.41) is 0. The first-order chi connectivity index (χ1) is 14.0. The number of aryl methyl sites for hydroxylation is 1. The first kappa shape index (κ1) is 20.1. The lowest BCUT2D eigenvalue weighted by Gasteiger charge is -2.29. The van der Waals surface area contributed by atoms with Crippen molar-refractivity contribution in [2.75, 3.05) is 37.7 Å². The molecule has 1 amide bonds. The number of aromatic nitrogens is 2. The number of thiocarbonyl (C=S) groups is 1. The highest BCUT2D eigenvalue weighted by Gasteiger charge is 2.32. The summed E-state index contributed by atoms with van der Waals surface area (Å²) in [5.74, 6) is 0.437. The van der Waals surface area contributed by atoms with Crippen LogP contribution in [0.3, 0.4) is 0 Å². The average molecular weight is 431 g/mol.